The quantitative estimate of drug-likeness (QED) is 0.896. The minimum Gasteiger partial charge on any atom is -0.349 e. The van der Waals surface area contributed by atoms with Gasteiger partial charge in [0, 0.05) is 0 Å². The Balaban J connectivity index is 2.17. The van der Waals surface area contributed by atoms with Gasteiger partial charge >= 0.3 is 0 Å². The first-order valence-electron chi connectivity index (χ1n) is 7.26. The third-order valence-corrected chi connectivity index (χ3v) is 3.95. The van der Waals surface area contributed by atoms with Gasteiger partial charge in [0.25, 0.3) is 0 Å². The van der Waals surface area contributed by atoms with Crippen LogP contribution in [0.1, 0.15) is 19.4 Å². The van der Waals surface area contributed by atoms with Crippen LogP contribution in [0.2, 0.25) is 0 Å². The van der Waals surface area contributed by atoms with Crippen LogP contribution in [0.4, 0.5) is 0 Å². The van der Waals surface area contributed by atoms with E-state index in [9.17, 15) is 15.8 Å². The summed E-state index contributed by atoms with van der Waals surface area (Å²) in [5.41, 5.74) is 0.376. The highest BCUT2D eigenvalue weighted by molar-refractivity contribution is 5.40. The summed E-state index contributed by atoms with van der Waals surface area (Å²) in [5, 5.41) is 32.1. The van der Waals surface area contributed by atoms with Gasteiger partial charge in [-0.05, 0) is 25.8 Å². The Labute approximate surface area is 135 Å². The average molecular weight is 307 g/mol. The Hall–Kier alpha value is -3.01. The van der Waals surface area contributed by atoms with Gasteiger partial charge in [-0.15, -0.1) is 0 Å². The van der Waals surface area contributed by atoms with Crippen molar-refractivity contribution >= 4 is 0 Å². The zero-order valence-corrected chi connectivity index (χ0v) is 13.1. The van der Waals surface area contributed by atoms with Crippen LogP contribution in [0.25, 0.3) is 0 Å². The van der Waals surface area contributed by atoms with E-state index < -0.39 is 11.6 Å². The molecule has 6 nitrogen and oxygen atoms in total. The van der Waals surface area contributed by atoms with Gasteiger partial charge in [0.2, 0.25) is 0 Å². The van der Waals surface area contributed by atoms with E-state index in [1.807, 2.05) is 42.5 Å². The number of hydrogen-bond acceptors (Lipinski definition) is 6. The maximum atomic E-state index is 9.34. The van der Waals surface area contributed by atoms with E-state index in [1.54, 1.807) is 13.8 Å². The minimum absolute atomic E-state index is 0.102. The number of nitrogens with zero attached hydrogens (tertiary/aromatic N) is 4. The van der Waals surface area contributed by atoms with Crippen LogP contribution in [-0.4, -0.2) is 17.3 Å². The Morgan fingerprint density at radius 2 is 1.91 bits per heavy atom. The molecule has 0 saturated carbocycles. The first kappa shape index (κ1) is 16.4. The van der Waals surface area contributed by atoms with E-state index in [0.717, 1.165) is 5.56 Å². The fourth-order valence-electron chi connectivity index (χ4n) is 2.39. The fourth-order valence-corrected chi connectivity index (χ4v) is 2.39. The Kier molecular flexibility index (Phi) is 4.86. The number of allylic oxidation sites excluding steroid dienone is 2. The molecule has 0 fully saturated rings. The molecule has 0 spiro atoms. The van der Waals surface area contributed by atoms with Crippen molar-refractivity contribution in [3.63, 3.8) is 0 Å². The zero-order valence-electron chi connectivity index (χ0n) is 13.1. The molecule has 1 aliphatic heterocycles. The third-order valence-electron chi connectivity index (χ3n) is 3.95. The summed E-state index contributed by atoms with van der Waals surface area (Å²) in [5.74, 6) is -0.492. The SMILES string of the molecule is CC(C#N)C1(C)NC(C#N)=C(C#N)N1OCCc1ccccc1. The van der Waals surface area contributed by atoms with Gasteiger partial charge in [-0.3, -0.25) is 4.84 Å². The second kappa shape index (κ2) is 6.83. The molecule has 116 valence electrons. The van der Waals surface area contributed by atoms with Crippen molar-refractivity contribution in [2.24, 2.45) is 5.92 Å². The highest BCUT2D eigenvalue weighted by Gasteiger charge is 2.47. The predicted octanol–water partition coefficient (Wildman–Crippen LogP) is 2.20. The molecule has 1 aliphatic rings. The molecular formula is C17H17N5O. The minimum atomic E-state index is -0.957. The van der Waals surface area contributed by atoms with Gasteiger partial charge in [0.15, 0.2) is 11.4 Å². The summed E-state index contributed by atoms with van der Waals surface area (Å²) in [6, 6.07) is 15.9. The number of hydroxylamine groups is 2. The lowest BCUT2D eigenvalue weighted by molar-refractivity contribution is -0.194. The summed E-state index contributed by atoms with van der Waals surface area (Å²) in [7, 11) is 0. The molecule has 6 heteroatoms. The van der Waals surface area contributed by atoms with Crippen LogP contribution >= 0.6 is 0 Å². The lowest BCUT2D eigenvalue weighted by Crippen LogP contribution is -2.54. The molecular weight excluding hydrogens is 290 g/mol. The maximum Gasteiger partial charge on any atom is 0.177 e. The largest absolute Gasteiger partial charge is 0.349 e. The van der Waals surface area contributed by atoms with Gasteiger partial charge in [-0.1, -0.05) is 30.3 Å². The van der Waals surface area contributed by atoms with Crippen LogP contribution in [0.15, 0.2) is 41.7 Å². The third kappa shape index (κ3) is 3.11. The van der Waals surface area contributed by atoms with Crippen molar-refractivity contribution in [3.8, 4) is 18.2 Å². The molecule has 23 heavy (non-hydrogen) atoms. The van der Waals surface area contributed by atoms with Crippen molar-refractivity contribution in [2.75, 3.05) is 6.61 Å². The lowest BCUT2D eigenvalue weighted by Gasteiger charge is -2.37. The Morgan fingerprint density at radius 3 is 2.48 bits per heavy atom. The molecule has 2 rings (SSSR count). The summed E-state index contributed by atoms with van der Waals surface area (Å²) in [6.45, 7) is 3.80. The van der Waals surface area contributed by atoms with E-state index >= 15 is 0 Å². The highest BCUT2D eigenvalue weighted by Crippen LogP contribution is 2.33. The van der Waals surface area contributed by atoms with Crippen LogP contribution < -0.4 is 5.32 Å². The van der Waals surface area contributed by atoms with E-state index in [1.165, 1.54) is 5.06 Å². The molecule has 0 aliphatic carbocycles. The van der Waals surface area contributed by atoms with Crippen molar-refractivity contribution < 1.29 is 4.84 Å². The summed E-state index contributed by atoms with van der Waals surface area (Å²) in [4.78, 5) is 5.77. The first-order chi connectivity index (χ1) is 11.1. The fraction of sp³-hybridized carbons (Fsp3) is 0.353. The standard InChI is InChI=1S/C17H17N5O/c1-13(10-18)17(2)21-15(11-19)16(12-20)22(17)23-9-8-14-6-4-3-5-7-14/h3-7,13,21H,8-9H2,1-2H3. The number of benzene rings is 1. The predicted molar refractivity (Wildman–Crippen MR) is 82.5 cm³/mol. The van der Waals surface area contributed by atoms with Crippen molar-refractivity contribution in [2.45, 2.75) is 25.9 Å². The lowest BCUT2D eigenvalue weighted by atomic mass is 9.98. The summed E-state index contributed by atoms with van der Waals surface area (Å²) in [6.07, 6.45) is 0.662. The number of rotatable bonds is 5. The Morgan fingerprint density at radius 1 is 1.22 bits per heavy atom. The van der Waals surface area contributed by atoms with Gasteiger partial charge < -0.3 is 5.32 Å². The zero-order chi connectivity index (χ0) is 16.9. The van der Waals surface area contributed by atoms with E-state index in [0.29, 0.717) is 13.0 Å². The average Bonchev–Trinajstić information content (AvgIpc) is 2.87. The van der Waals surface area contributed by atoms with E-state index in [2.05, 4.69) is 11.4 Å². The number of nitriles is 3. The topological polar surface area (TPSA) is 95.9 Å². The smallest absolute Gasteiger partial charge is 0.177 e. The van der Waals surface area contributed by atoms with Crippen molar-refractivity contribution in [1.82, 2.24) is 10.4 Å². The molecule has 0 aromatic heterocycles. The normalized spacial score (nSPS) is 21.1. The van der Waals surface area contributed by atoms with Gasteiger partial charge in [-0.2, -0.15) is 15.8 Å². The molecule has 1 heterocycles. The first-order valence-corrected chi connectivity index (χ1v) is 7.26. The van der Waals surface area contributed by atoms with E-state index in [4.69, 9.17) is 4.84 Å². The molecule has 1 N–H and O–H groups in total. The van der Waals surface area contributed by atoms with E-state index in [-0.39, 0.29) is 11.4 Å². The van der Waals surface area contributed by atoms with Crippen molar-refractivity contribution in [1.29, 1.82) is 15.8 Å². The van der Waals surface area contributed by atoms with Crippen LogP contribution in [0, 0.1) is 39.9 Å². The highest BCUT2D eigenvalue weighted by atomic mass is 16.7. The molecule has 1 aromatic carbocycles. The molecule has 0 radical (unpaired) electrons. The summed E-state index contributed by atoms with van der Waals surface area (Å²) < 4.78 is 0. The molecule has 0 bridgehead atoms. The number of hydrogen-bond donors (Lipinski definition) is 1. The van der Waals surface area contributed by atoms with Gasteiger partial charge in [0.1, 0.15) is 17.8 Å². The Bertz CT molecular complexity index is 722. The summed E-state index contributed by atoms with van der Waals surface area (Å²) >= 11 is 0. The maximum absolute atomic E-state index is 9.34. The second-order valence-electron chi connectivity index (χ2n) is 5.43. The molecule has 2 unspecified atom stereocenters. The van der Waals surface area contributed by atoms with Gasteiger partial charge in [-0.25, -0.2) is 5.06 Å². The molecule has 0 saturated heterocycles. The van der Waals surface area contributed by atoms with Crippen molar-refractivity contribution in [3.05, 3.63) is 47.3 Å². The second-order valence-corrected chi connectivity index (χ2v) is 5.43. The van der Waals surface area contributed by atoms with Gasteiger partial charge in [0.05, 0.1) is 18.6 Å². The van der Waals surface area contributed by atoms with Crippen LogP contribution in [0.3, 0.4) is 0 Å². The van der Waals surface area contributed by atoms with Crippen LogP contribution in [0.5, 0.6) is 0 Å². The monoisotopic (exact) mass is 307 g/mol. The van der Waals surface area contributed by atoms with Crippen LogP contribution in [-0.2, 0) is 11.3 Å². The molecule has 2 atom stereocenters. The molecule has 1 aromatic rings. The number of nitrogens with one attached hydrogen (secondary N) is 1. The molecule has 0 amide bonds.